The SMILES string of the molecule is Cc1cccc2nc(SCC(=O)O)n(CC(C)(C)C)c12. The Balaban J connectivity index is 2.52. The largest absolute Gasteiger partial charge is 0.481 e. The lowest BCUT2D eigenvalue weighted by Crippen LogP contribution is -2.16. The van der Waals surface area contributed by atoms with Gasteiger partial charge in [-0.15, -0.1) is 0 Å². The monoisotopic (exact) mass is 292 g/mol. The average molecular weight is 292 g/mol. The zero-order valence-electron chi connectivity index (χ0n) is 12.3. The first kappa shape index (κ1) is 14.9. The van der Waals surface area contributed by atoms with Crippen molar-refractivity contribution in [2.45, 2.75) is 39.4 Å². The second-order valence-electron chi connectivity index (χ2n) is 6.17. The van der Waals surface area contributed by atoms with E-state index in [1.165, 1.54) is 17.3 Å². The van der Waals surface area contributed by atoms with Crippen molar-refractivity contribution in [1.29, 1.82) is 0 Å². The number of fused-ring (bicyclic) bond motifs is 1. The van der Waals surface area contributed by atoms with Crippen molar-refractivity contribution < 1.29 is 9.90 Å². The third-order valence-electron chi connectivity index (χ3n) is 2.89. The molecule has 5 heteroatoms. The van der Waals surface area contributed by atoms with Crippen molar-refractivity contribution in [3.05, 3.63) is 23.8 Å². The maximum absolute atomic E-state index is 10.8. The van der Waals surface area contributed by atoms with E-state index in [-0.39, 0.29) is 11.2 Å². The molecule has 0 aliphatic rings. The molecule has 1 aromatic heterocycles. The predicted octanol–water partition coefficient (Wildman–Crippen LogP) is 3.57. The molecule has 0 amide bonds. The molecule has 0 aliphatic carbocycles. The topological polar surface area (TPSA) is 55.1 Å². The Bertz CT molecular complexity index is 641. The van der Waals surface area contributed by atoms with E-state index >= 15 is 0 Å². The second kappa shape index (κ2) is 5.48. The van der Waals surface area contributed by atoms with Crippen LogP contribution in [0.3, 0.4) is 0 Å². The smallest absolute Gasteiger partial charge is 0.313 e. The minimum Gasteiger partial charge on any atom is -0.481 e. The number of aliphatic carboxylic acids is 1. The van der Waals surface area contributed by atoms with Crippen molar-refractivity contribution in [3.63, 3.8) is 0 Å². The number of nitrogens with zero attached hydrogens (tertiary/aromatic N) is 2. The van der Waals surface area contributed by atoms with Gasteiger partial charge in [0.05, 0.1) is 16.8 Å². The molecule has 0 saturated heterocycles. The standard InChI is InChI=1S/C15H20N2O2S/c1-10-6-5-7-11-13(10)17(9-15(2,3)4)14(16-11)20-8-12(18)19/h5-7H,8-9H2,1-4H3,(H,18,19). The highest BCUT2D eigenvalue weighted by Gasteiger charge is 2.19. The van der Waals surface area contributed by atoms with Gasteiger partial charge < -0.3 is 9.67 Å². The van der Waals surface area contributed by atoms with E-state index in [2.05, 4.69) is 43.3 Å². The molecule has 0 radical (unpaired) electrons. The Morgan fingerprint density at radius 1 is 1.40 bits per heavy atom. The van der Waals surface area contributed by atoms with Crippen molar-refractivity contribution in [2.75, 3.05) is 5.75 Å². The van der Waals surface area contributed by atoms with Gasteiger partial charge in [0, 0.05) is 6.54 Å². The summed E-state index contributed by atoms with van der Waals surface area (Å²) in [5.74, 6) is -0.784. The van der Waals surface area contributed by atoms with E-state index in [4.69, 9.17) is 5.11 Å². The highest BCUT2D eigenvalue weighted by Crippen LogP contribution is 2.29. The fourth-order valence-electron chi connectivity index (χ4n) is 2.20. The van der Waals surface area contributed by atoms with E-state index in [1.807, 2.05) is 12.1 Å². The average Bonchev–Trinajstić information content (AvgIpc) is 2.64. The Labute approximate surface area is 123 Å². The van der Waals surface area contributed by atoms with E-state index in [0.29, 0.717) is 0 Å². The zero-order chi connectivity index (χ0) is 14.9. The van der Waals surface area contributed by atoms with Crippen LogP contribution in [0.25, 0.3) is 11.0 Å². The molecule has 1 N–H and O–H groups in total. The molecule has 0 unspecified atom stereocenters. The number of carbonyl (C=O) groups is 1. The van der Waals surface area contributed by atoms with Gasteiger partial charge in [-0.1, -0.05) is 44.7 Å². The van der Waals surface area contributed by atoms with Crippen LogP contribution in [0.4, 0.5) is 0 Å². The van der Waals surface area contributed by atoms with Gasteiger partial charge in [-0.05, 0) is 24.0 Å². The van der Waals surface area contributed by atoms with Crippen LogP contribution in [0.2, 0.25) is 0 Å². The first-order valence-corrected chi connectivity index (χ1v) is 7.57. The Morgan fingerprint density at radius 3 is 2.70 bits per heavy atom. The van der Waals surface area contributed by atoms with Crippen molar-refractivity contribution in [2.24, 2.45) is 5.41 Å². The predicted molar refractivity (Wildman–Crippen MR) is 82.3 cm³/mol. The Kier molecular flexibility index (Phi) is 4.09. The van der Waals surface area contributed by atoms with Crippen LogP contribution in [0.5, 0.6) is 0 Å². The molecule has 0 atom stereocenters. The summed E-state index contributed by atoms with van der Waals surface area (Å²) in [6.07, 6.45) is 0. The number of para-hydroxylation sites is 1. The molecule has 0 spiro atoms. The number of benzene rings is 1. The first-order valence-electron chi connectivity index (χ1n) is 6.58. The van der Waals surface area contributed by atoms with E-state index in [1.54, 1.807) is 0 Å². The van der Waals surface area contributed by atoms with Crippen LogP contribution in [0.1, 0.15) is 26.3 Å². The molecular formula is C15H20N2O2S. The summed E-state index contributed by atoms with van der Waals surface area (Å²) in [6.45, 7) is 9.39. The molecule has 0 saturated carbocycles. The molecule has 20 heavy (non-hydrogen) atoms. The second-order valence-corrected chi connectivity index (χ2v) is 7.11. The van der Waals surface area contributed by atoms with Crippen molar-refractivity contribution in [1.82, 2.24) is 9.55 Å². The molecule has 108 valence electrons. The third kappa shape index (κ3) is 3.33. The van der Waals surface area contributed by atoms with E-state index in [0.717, 1.165) is 22.7 Å². The molecule has 4 nitrogen and oxygen atoms in total. The quantitative estimate of drug-likeness (QED) is 0.875. The van der Waals surface area contributed by atoms with Crippen LogP contribution < -0.4 is 0 Å². The van der Waals surface area contributed by atoms with Crippen molar-refractivity contribution >= 4 is 28.8 Å². The van der Waals surface area contributed by atoms with Crippen LogP contribution in [0.15, 0.2) is 23.4 Å². The van der Waals surface area contributed by atoms with Crippen LogP contribution >= 0.6 is 11.8 Å². The minimum absolute atomic E-state index is 0.0342. The molecular weight excluding hydrogens is 272 g/mol. The number of hydrogen-bond acceptors (Lipinski definition) is 3. The van der Waals surface area contributed by atoms with E-state index < -0.39 is 5.97 Å². The summed E-state index contributed by atoms with van der Waals surface area (Å²) in [7, 11) is 0. The van der Waals surface area contributed by atoms with Gasteiger partial charge in [0.15, 0.2) is 5.16 Å². The highest BCUT2D eigenvalue weighted by molar-refractivity contribution is 7.99. The van der Waals surface area contributed by atoms with E-state index in [9.17, 15) is 4.79 Å². The zero-order valence-corrected chi connectivity index (χ0v) is 13.1. The summed E-state index contributed by atoms with van der Waals surface area (Å²) in [5, 5.41) is 9.65. The molecule has 0 fully saturated rings. The van der Waals surface area contributed by atoms with Crippen molar-refractivity contribution in [3.8, 4) is 0 Å². The van der Waals surface area contributed by atoms with Crippen LogP contribution in [0, 0.1) is 12.3 Å². The number of imidazole rings is 1. The highest BCUT2D eigenvalue weighted by atomic mass is 32.2. The molecule has 0 aliphatic heterocycles. The molecule has 0 bridgehead atoms. The fraction of sp³-hybridized carbons (Fsp3) is 0.467. The number of carboxylic acid groups (broad SMARTS) is 1. The van der Waals surface area contributed by atoms with Gasteiger partial charge >= 0.3 is 5.97 Å². The fourth-order valence-corrected chi connectivity index (χ4v) is 2.93. The lowest BCUT2D eigenvalue weighted by Gasteiger charge is -2.21. The molecule has 1 aromatic carbocycles. The number of hydrogen-bond donors (Lipinski definition) is 1. The number of aryl methyl sites for hydroxylation is 1. The lowest BCUT2D eigenvalue weighted by molar-refractivity contribution is -0.133. The molecule has 1 heterocycles. The summed E-state index contributed by atoms with van der Waals surface area (Å²) < 4.78 is 2.15. The molecule has 2 rings (SSSR count). The van der Waals surface area contributed by atoms with Gasteiger partial charge in [0.2, 0.25) is 0 Å². The Morgan fingerprint density at radius 2 is 2.10 bits per heavy atom. The normalized spacial score (nSPS) is 12.0. The van der Waals surface area contributed by atoms with Gasteiger partial charge in [0.1, 0.15) is 0 Å². The first-order chi connectivity index (χ1) is 9.28. The van der Waals surface area contributed by atoms with Gasteiger partial charge in [0.25, 0.3) is 0 Å². The summed E-state index contributed by atoms with van der Waals surface area (Å²) in [6, 6.07) is 6.03. The lowest BCUT2D eigenvalue weighted by atomic mass is 9.97. The van der Waals surface area contributed by atoms with Gasteiger partial charge in [-0.2, -0.15) is 0 Å². The number of aromatic nitrogens is 2. The minimum atomic E-state index is -0.818. The summed E-state index contributed by atoms with van der Waals surface area (Å²) in [4.78, 5) is 15.4. The number of rotatable bonds is 4. The number of thioether (sulfide) groups is 1. The summed E-state index contributed by atoms with van der Waals surface area (Å²) in [5.41, 5.74) is 3.31. The molecule has 2 aromatic rings. The Hall–Kier alpha value is -1.49. The van der Waals surface area contributed by atoms with Crippen LogP contribution in [-0.4, -0.2) is 26.4 Å². The van der Waals surface area contributed by atoms with Gasteiger partial charge in [-0.3, -0.25) is 4.79 Å². The maximum Gasteiger partial charge on any atom is 0.313 e. The third-order valence-corrected chi connectivity index (χ3v) is 3.85. The van der Waals surface area contributed by atoms with Gasteiger partial charge in [-0.25, -0.2) is 4.98 Å². The summed E-state index contributed by atoms with van der Waals surface area (Å²) >= 11 is 1.28. The van der Waals surface area contributed by atoms with Crippen LogP contribution in [-0.2, 0) is 11.3 Å². The number of carboxylic acids is 1. The maximum atomic E-state index is 10.8.